The monoisotopic (exact) mass is 403 g/mol. The second-order valence-electron chi connectivity index (χ2n) is 7.45. The molecule has 0 spiro atoms. The minimum atomic E-state index is -0.361. The SMILES string of the molecule is Oc1ccccc1-c1nc(N2CCCC2c2ccc(F)cc2)c2cc(F)ccc2n1. The van der Waals surface area contributed by atoms with Gasteiger partial charge >= 0.3 is 0 Å². The molecule has 1 aromatic heterocycles. The van der Waals surface area contributed by atoms with Gasteiger partial charge < -0.3 is 10.0 Å². The van der Waals surface area contributed by atoms with Gasteiger partial charge in [0.15, 0.2) is 5.82 Å². The van der Waals surface area contributed by atoms with Crippen LogP contribution in [-0.4, -0.2) is 21.6 Å². The maximum Gasteiger partial charge on any atom is 0.165 e. The van der Waals surface area contributed by atoms with Gasteiger partial charge in [-0.05, 0) is 60.9 Å². The number of anilines is 1. The molecule has 1 fully saturated rings. The summed E-state index contributed by atoms with van der Waals surface area (Å²) in [6.07, 6.45) is 1.83. The fraction of sp³-hybridized carbons (Fsp3) is 0.167. The Morgan fingerprint density at radius 3 is 2.47 bits per heavy atom. The number of aromatic nitrogens is 2. The number of para-hydroxylation sites is 1. The molecule has 1 aliphatic heterocycles. The minimum absolute atomic E-state index is 0.00388. The zero-order valence-corrected chi connectivity index (χ0v) is 16.1. The van der Waals surface area contributed by atoms with Crippen LogP contribution in [0.4, 0.5) is 14.6 Å². The van der Waals surface area contributed by atoms with E-state index in [0.29, 0.717) is 28.1 Å². The summed E-state index contributed by atoms with van der Waals surface area (Å²) >= 11 is 0. The summed E-state index contributed by atoms with van der Waals surface area (Å²) in [6.45, 7) is 0.741. The van der Waals surface area contributed by atoms with Gasteiger partial charge in [-0.1, -0.05) is 24.3 Å². The van der Waals surface area contributed by atoms with E-state index in [-0.39, 0.29) is 23.4 Å². The summed E-state index contributed by atoms with van der Waals surface area (Å²) in [6, 6.07) is 17.8. The molecule has 1 saturated heterocycles. The second kappa shape index (κ2) is 7.37. The summed E-state index contributed by atoms with van der Waals surface area (Å²) in [5.74, 6) is 0.442. The van der Waals surface area contributed by atoms with Gasteiger partial charge in [-0.2, -0.15) is 0 Å². The Bertz CT molecular complexity index is 1230. The van der Waals surface area contributed by atoms with Gasteiger partial charge in [0.1, 0.15) is 23.2 Å². The third kappa shape index (κ3) is 3.24. The van der Waals surface area contributed by atoms with Crippen molar-refractivity contribution in [3.8, 4) is 17.1 Å². The quantitative estimate of drug-likeness (QED) is 0.482. The van der Waals surface area contributed by atoms with Crippen molar-refractivity contribution >= 4 is 16.7 Å². The van der Waals surface area contributed by atoms with E-state index in [1.807, 2.05) is 6.07 Å². The summed E-state index contributed by atoms with van der Waals surface area (Å²) in [4.78, 5) is 11.5. The number of benzene rings is 3. The first-order valence-electron chi connectivity index (χ1n) is 9.88. The molecule has 2 heterocycles. The summed E-state index contributed by atoms with van der Waals surface area (Å²) in [7, 11) is 0. The fourth-order valence-electron chi connectivity index (χ4n) is 4.14. The Labute approximate surface area is 172 Å². The molecule has 0 radical (unpaired) electrons. The summed E-state index contributed by atoms with van der Waals surface area (Å²) < 4.78 is 27.5. The lowest BCUT2D eigenvalue weighted by Gasteiger charge is -2.27. The number of phenols is 1. The predicted octanol–water partition coefficient (Wildman–Crippen LogP) is 5.62. The molecular formula is C24H19F2N3O. The molecule has 3 aromatic carbocycles. The van der Waals surface area contributed by atoms with Crippen LogP contribution in [0.1, 0.15) is 24.4 Å². The highest BCUT2D eigenvalue weighted by Gasteiger charge is 2.29. The number of nitrogens with zero attached hydrogens (tertiary/aromatic N) is 3. The highest BCUT2D eigenvalue weighted by atomic mass is 19.1. The topological polar surface area (TPSA) is 49.3 Å². The predicted molar refractivity (Wildman–Crippen MR) is 112 cm³/mol. The van der Waals surface area contributed by atoms with E-state index in [1.54, 1.807) is 36.4 Å². The Hall–Kier alpha value is -3.54. The van der Waals surface area contributed by atoms with Gasteiger partial charge in [0.05, 0.1) is 17.1 Å². The van der Waals surface area contributed by atoms with Gasteiger partial charge in [0, 0.05) is 11.9 Å². The molecule has 1 N–H and O–H groups in total. The maximum absolute atomic E-state index is 14.1. The fourth-order valence-corrected chi connectivity index (χ4v) is 4.14. The van der Waals surface area contributed by atoms with Crippen molar-refractivity contribution in [2.24, 2.45) is 0 Å². The van der Waals surface area contributed by atoms with Crippen LogP contribution in [0.25, 0.3) is 22.3 Å². The van der Waals surface area contributed by atoms with Gasteiger partial charge in [-0.3, -0.25) is 0 Å². The van der Waals surface area contributed by atoms with Gasteiger partial charge in [0.2, 0.25) is 0 Å². The Kier molecular flexibility index (Phi) is 4.54. The Morgan fingerprint density at radius 1 is 0.900 bits per heavy atom. The molecule has 1 atom stereocenters. The van der Waals surface area contributed by atoms with Crippen LogP contribution in [0.5, 0.6) is 5.75 Å². The zero-order valence-electron chi connectivity index (χ0n) is 16.1. The van der Waals surface area contributed by atoms with Crippen molar-refractivity contribution < 1.29 is 13.9 Å². The van der Waals surface area contributed by atoms with Crippen LogP contribution in [-0.2, 0) is 0 Å². The standard InChI is InChI=1S/C24H19F2N3O/c25-16-9-7-15(8-10-16)21-5-3-13-29(21)24-19-14-17(26)11-12-20(19)27-23(28-24)18-4-1-2-6-22(18)30/h1-2,4,6-12,14,21,30H,3,5,13H2. The number of fused-ring (bicyclic) bond motifs is 1. The number of halogens is 2. The molecular weight excluding hydrogens is 384 g/mol. The van der Waals surface area contributed by atoms with Gasteiger partial charge in [0.25, 0.3) is 0 Å². The van der Waals surface area contributed by atoms with Crippen LogP contribution >= 0.6 is 0 Å². The van der Waals surface area contributed by atoms with Crippen LogP contribution < -0.4 is 4.90 Å². The van der Waals surface area contributed by atoms with E-state index in [2.05, 4.69) is 9.88 Å². The van der Waals surface area contributed by atoms with Crippen LogP contribution in [0.15, 0.2) is 66.7 Å². The molecule has 6 heteroatoms. The van der Waals surface area contributed by atoms with E-state index in [9.17, 15) is 13.9 Å². The highest BCUT2D eigenvalue weighted by molar-refractivity contribution is 5.91. The molecule has 4 nitrogen and oxygen atoms in total. The average Bonchev–Trinajstić information content (AvgIpc) is 3.23. The third-order valence-electron chi connectivity index (χ3n) is 5.56. The van der Waals surface area contributed by atoms with Crippen LogP contribution in [0.2, 0.25) is 0 Å². The van der Waals surface area contributed by atoms with E-state index in [0.717, 1.165) is 24.9 Å². The summed E-state index contributed by atoms with van der Waals surface area (Å²) in [5, 5.41) is 10.9. The van der Waals surface area contributed by atoms with Crippen molar-refractivity contribution in [2.45, 2.75) is 18.9 Å². The van der Waals surface area contributed by atoms with E-state index >= 15 is 0 Å². The lowest BCUT2D eigenvalue weighted by Crippen LogP contribution is -2.24. The first-order chi connectivity index (χ1) is 14.6. The Morgan fingerprint density at radius 2 is 1.67 bits per heavy atom. The number of hydrogen-bond acceptors (Lipinski definition) is 4. The van der Waals surface area contributed by atoms with E-state index in [4.69, 9.17) is 4.98 Å². The number of rotatable bonds is 3. The van der Waals surface area contributed by atoms with Gasteiger partial charge in [-0.15, -0.1) is 0 Å². The molecule has 1 unspecified atom stereocenters. The first-order valence-corrected chi connectivity index (χ1v) is 9.88. The molecule has 30 heavy (non-hydrogen) atoms. The van der Waals surface area contributed by atoms with Crippen LogP contribution in [0.3, 0.4) is 0 Å². The lowest BCUT2D eigenvalue weighted by molar-refractivity contribution is 0.477. The largest absolute Gasteiger partial charge is 0.507 e. The molecule has 0 saturated carbocycles. The highest BCUT2D eigenvalue weighted by Crippen LogP contribution is 2.39. The normalized spacial score (nSPS) is 16.3. The molecule has 0 aliphatic carbocycles. The van der Waals surface area contributed by atoms with Crippen molar-refractivity contribution in [2.75, 3.05) is 11.4 Å². The molecule has 4 aromatic rings. The first kappa shape index (κ1) is 18.5. The third-order valence-corrected chi connectivity index (χ3v) is 5.56. The molecule has 1 aliphatic rings. The van der Waals surface area contributed by atoms with E-state index < -0.39 is 0 Å². The van der Waals surface area contributed by atoms with Crippen molar-refractivity contribution in [3.63, 3.8) is 0 Å². The maximum atomic E-state index is 14.1. The lowest BCUT2D eigenvalue weighted by atomic mass is 10.0. The zero-order chi connectivity index (χ0) is 20.7. The second-order valence-corrected chi connectivity index (χ2v) is 7.45. The Balaban J connectivity index is 1.69. The molecule has 5 rings (SSSR count). The van der Waals surface area contributed by atoms with Gasteiger partial charge in [-0.25, -0.2) is 18.7 Å². The van der Waals surface area contributed by atoms with Crippen molar-refractivity contribution in [1.82, 2.24) is 9.97 Å². The number of aromatic hydroxyl groups is 1. The average molecular weight is 403 g/mol. The minimum Gasteiger partial charge on any atom is -0.507 e. The number of hydrogen-bond donors (Lipinski definition) is 1. The molecule has 0 bridgehead atoms. The van der Waals surface area contributed by atoms with E-state index in [1.165, 1.54) is 24.3 Å². The molecule has 0 amide bonds. The number of phenolic OH excluding ortho intramolecular Hbond substituents is 1. The summed E-state index contributed by atoms with van der Waals surface area (Å²) in [5.41, 5.74) is 2.10. The smallest absolute Gasteiger partial charge is 0.165 e. The van der Waals surface area contributed by atoms with Crippen molar-refractivity contribution in [3.05, 3.63) is 83.9 Å². The molecule has 150 valence electrons. The van der Waals surface area contributed by atoms with Crippen molar-refractivity contribution in [1.29, 1.82) is 0 Å². The van der Waals surface area contributed by atoms with Crippen LogP contribution in [0, 0.1) is 11.6 Å².